The van der Waals surface area contributed by atoms with Gasteiger partial charge >= 0.3 is 5.69 Å². The molecule has 2 aliphatic rings. The lowest BCUT2D eigenvalue weighted by atomic mass is 10.2. The van der Waals surface area contributed by atoms with Gasteiger partial charge < -0.3 is 10.6 Å². The van der Waals surface area contributed by atoms with Crippen molar-refractivity contribution < 1.29 is 4.92 Å². The molecular weight excluding hydrogens is 258 g/mol. The van der Waals surface area contributed by atoms with E-state index in [1.807, 2.05) is 0 Å². The molecule has 1 saturated heterocycles. The first kappa shape index (κ1) is 13.1. The van der Waals surface area contributed by atoms with Crippen molar-refractivity contribution in [2.24, 2.45) is 5.92 Å². The molecule has 108 valence electrons. The summed E-state index contributed by atoms with van der Waals surface area (Å²) in [7, 11) is 0. The minimum absolute atomic E-state index is 0.00656. The second kappa shape index (κ2) is 5.24. The summed E-state index contributed by atoms with van der Waals surface area (Å²) in [5.74, 6) is 1.64. The normalized spacial score (nSPS) is 20.1. The lowest BCUT2D eigenvalue weighted by molar-refractivity contribution is -0.384. The molecule has 0 amide bonds. The van der Waals surface area contributed by atoms with Gasteiger partial charge in [-0.25, -0.2) is 4.98 Å². The number of hydrogen-bond donors (Lipinski definition) is 1. The number of rotatable bonds is 4. The predicted molar refractivity (Wildman–Crippen MR) is 76.7 cm³/mol. The minimum atomic E-state index is -0.500. The molecule has 2 fully saturated rings. The molecule has 0 bridgehead atoms. The van der Waals surface area contributed by atoms with Crippen LogP contribution in [0.5, 0.6) is 0 Å². The van der Waals surface area contributed by atoms with E-state index in [9.17, 15) is 10.1 Å². The third kappa shape index (κ3) is 2.82. The van der Waals surface area contributed by atoms with Crippen LogP contribution >= 0.6 is 0 Å². The van der Waals surface area contributed by atoms with Crippen molar-refractivity contribution in [2.75, 3.05) is 43.4 Å². The van der Waals surface area contributed by atoms with Gasteiger partial charge in [0.2, 0.25) is 5.82 Å². The number of piperazine rings is 1. The molecule has 0 atom stereocenters. The van der Waals surface area contributed by atoms with Gasteiger partial charge in [-0.05, 0) is 24.8 Å². The largest absolute Gasteiger partial charge is 0.378 e. The fourth-order valence-corrected chi connectivity index (χ4v) is 2.61. The maximum absolute atomic E-state index is 10.7. The highest BCUT2D eigenvalue weighted by atomic mass is 16.6. The molecule has 1 aromatic rings. The second-order valence-corrected chi connectivity index (χ2v) is 5.56. The zero-order valence-electron chi connectivity index (χ0n) is 11.4. The van der Waals surface area contributed by atoms with E-state index in [0.29, 0.717) is 0 Å². The van der Waals surface area contributed by atoms with Gasteiger partial charge in [0, 0.05) is 38.8 Å². The molecule has 0 spiro atoms. The van der Waals surface area contributed by atoms with E-state index in [0.717, 1.165) is 37.9 Å². The summed E-state index contributed by atoms with van der Waals surface area (Å²) in [4.78, 5) is 19.0. The summed E-state index contributed by atoms with van der Waals surface area (Å²) in [5.41, 5.74) is 5.52. The Labute approximate surface area is 117 Å². The lowest BCUT2D eigenvalue weighted by Crippen LogP contribution is -2.47. The van der Waals surface area contributed by atoms with Crippen LogP contribution in [0.25, 0.3) is 0 Å². The maximum Gasteiger partial charge on any atom is 0.311 e. The number of nitrogens with zero attached hydrogens (tertiary/aromatic N) is 4. The first-order valence-electron chi connectivity index (χ1n) is 7.01. The highest BCUT2D eigenvalue weighted by Gasteiger charge is 2.27. The van der Waals surface area contributed by atoms with Crippen LogP contribution in [-0.4, -0.2) is 47.5 Å². The number of nitrogen functional groups attached to an aromatic ring is 1. The first-order valence-corrected chi connectivity index (χ1v) is 7.01. The fourth-order valence-electron chi connectivity index (χ4n) is 2.61. The van der Waals surface area contributed by atoms with Crippen molar-refractivity contribution in [1.82, 2.24) is 9.88 Å². The molecule has 1 saturated carbocycles. The Morgan fingerprint density at radius 2 is 2.00 bits per heavy atom. The molecule has 2 heterocycles. The maximum atomic E-state index is 10.7. The van der Waals surface area contributed by atoms with Gasteiger partial charge in [0.25, 0.3) is 0 Å². The van der Waals surface area contributed by atoms with Gasteiger partial charge in [-0.15, -0.1) is 0 Å². The molecule has 1 aliphatic carbocycles. The monoisotopic (exact) mass is 277 g/mol. The van der Waals surface area contributed by atoms with Crippen molar-refractivity contribution in [3.63, 3.8) is 0 Å². The Morgan fingerprint density at radius 3 is 2.55 bits per heavy atom. The van der Waals surface area contributed by atoms with E-state index in [1.54, 1.807) is 6.07 Å². The highest BCUT2D eigenvalue weighted by Crippen LogP contribution is 2.30. The number of hydrogen-bond acceptors (Lipinski definition) is 6. The second-order valence-electron chi connectivity index (χ2n) is 5.56. The summed E-state index contributed by atoms with van der Waals surface area (Å²) in [6.45, 7) is 5.06. The smallest absolute Gasteiger partial charge is 0.311 e. The number of nitrogens with two attached hydrogens (primary N) is 1. The van der Waals surface area contributed by atoms with E-state index < -0.39 is 4.92 Å². The Bertz CT molecular complexity index is 509. The number of anilines is 2. The van der Waals surface area contributed by atoms with Crippen molar-refractivity contribution >= 4 is 17.3 Å². The van der Waals surface area contributed by atoms with E-state index >= 15 is 0 Å². The Balaban J connectivity index is 1.62. The molecule has 0 radical (unpaired) electrons. The third-order valence-corrected chi connectivity index (χ3v) is 3.99. The van der Waals surface area contributed by atoms with Gasteiger partial charge in [-0.1, -0.05) is 0 Å². The molecule has 3 rings (SSSR count). The van der Waals surface area contributed by atoms with Crippen LogP contribution in [0, 0.1) is 16.0 Å². The third-order valence-electron chi connectivity index (χ3n) is 3.99. The number of pyridine rings is 1. The molecule has 2 N–H and O–H groups in total. The van der Waals surface area contributed by atoms with E-state index in [-0.39, 0.29) is 11.5 Å². The summed E-state index contributed by atoms with van der Waals surface area (Å²) in [5, 5.41) is 10.7. The van der Waals surface area contributed by atoms with Gasteiger partial charge in [-0.2, -0.15) is 0 Å². The lowest BCUT2D eigenvalue weighted by Gasteiger charge is -2.35. The first-order chi connectivity index (χ1) is 9.63. The molecule has 7 nitrogen and oxygen atoms in total. The molecule has 7 heteroatoms. The van der Waals surface area contributed by atoms with Crippen LogP contribution in [0.4, 0.5) is 17.3 Å². The van der Waals surface area contributed by atoms with Crippen molar-refractivity contribution in [1.29, 1.82) is 0 Å². The van der Waals surface area contributed by atoms with Crippen molar-refractivity contribution in [3.05, 3.63) is 22.2 Å². The SMILES string of the molecule is Nc1nc(N2CCN(CC3CC3)CC2)ccc1[N+](=O)[O-]. The molecule has 20 heavy (non-hydrogen) atoms. The standard InChI is InChI=1S/C13H19N5O2/c14-13-11(18(19)20)3-4-12(15-13)17-7-5-16(6-8-17)9-10-1-2-10/h3-4,10H,1-2,5-9H2,(H2,14,15). The summed E-state index contributed by atoms with van der Waals surface area (Å²) < 4.78 is 0. The molecule has 0 aromatic carbocycles. The molecule has 0 unspecified atom stereocenters. The number of aromatic nitrogens is 1. The van der Waals surface area contributed by atoms with Gasteiger partial charge in [0.15, 0.2) is 0 Å². The zero-order chi connectivity index (χ0) is 14.1. The Kier molecular flexibility index (Phi) is 3.43. The van der Waals surface area contributed by atoms with Crippen molar-refractivity contribution in [3.8, 4) is 0 Å². The summed E-state index contributed by atoms with van der Waals surface area (Å²) in [6.07, 6.45) is 2.75. The van der Waals surface area contributed by atoms with Crippen LogP contribution < -0.4 is 10.6 Å². The van der Waals surface area contributed by atoms with Crippen LogP contribution in [0.1, 0.15) is 12.8 Å². The Morgan fingerprint density at radius 1 is 1.30 bits per heavy atom. The van der Waals surface area contributed by atoms with Gasteiger partial charge in [-0.3, -0.25) is 15.0 Å². The highest BCUT2D eigenvalue weighted by molar-refractivity contribution is 5.58. The van der Waals surface area contributed by atoms with E-state index in [4.69, 9.17) is 5.73 Å². The zero-order valence-corrected chi connectivity index (χ0v) is 11.4. The quantitative estimate of drug-likeness (QED) is 0.655. The topological polar surface area (TPSA) is 88.5 Å². The van der Waals surface area contributed by atoms with Crippen molar-refractivity contribution in [2.45, 2.75) is 12.8 Å². The molecular formula is C13H19N5O2. The molecule has 1 aromatic heterocycles. The van der Waals surface area contributed by atoms with Crippen LogP contribution in [0.3, 0.4) is 0 Å². The molecule has 1 aliphatic heterocycles. The van der Waals surface area contributed by atoms with Gasteiger partial charge in [0.1, 0.15) is 5.82 Å². The van der Waals surface area contributed by atoms with E-state index in [2.05, 4.69) is 14.8 Å². The summed E-state index contributed by atoms with van der Waals surface area (Å²) in [6, 6.07) is 3.12. The average molecular weight is 277 g/mol. The average Bonchev–Trinajstić information content (AvgIpc) is 3.23. The predicted octanol–water partition coefficient (Wildman–Crippen LogP) is 1.10. The Hall–Kier alpha value is -1.89. The van der Waals surface area contributed by atoms with Gasteiger partial charge in [0.05, 0.1) is 4.92 Å². The van der Waals surface area contributed by atoms with Crippen LogP contribution in [0.15, 0.2) is 12.1 Å². The number of nitro groups is 1. The summed E-state index contributed by atoms with van der Waals surface area (Å²) >= 11 is 0. The minimum Gasteiger partial charge on any atom is -0.378 e. The van der Waals surface area contributed by atoms with Crippen LogP contribution in [0.2, 0.25) is 0 Å². The van der Waals surface area contributed by atoms with Crippen LogP contribution in [-0.2, 0) is 0 Å². The fraction of sp³-hybridized carbons (Fsp3) is 0.615. The van der Waals surface area contributed by atoms with E-state index in [1.165, 1.54) is 25.5 Å².